The molecule has 0 fully saturated rings. The topological polar surface area (TPSA) is 18.5 Å². The molecule has 0 bridgehead atoms. The highest BCUT2D eigenvalue weighted by Crippen LogP contribution is 2.36. The summed E-state index contributed by atoms with van der Waals surface area (Å²) in [5, 5.41) is 0. The third kappa shape index (κ3) is 3.65. The molecule has 1 aromatic heterocycles. The Morgan fingerprint density at radius 3 is 2.47 bits per heavy atom. The van der Waals surface area contributed by atoms with Crippen LogP contribution in [0, 0.1) is 0 Å². The Hall–Kier alpha value is -0.710. The van der Waals surface area contributed by atoms with Crippen molar-refractivity contribution in [1.82, 2.24) is 0 Å². The summed E-state index contributed by atoms with van der Waals surface area (Å²) in [4.78, 5) is 1.47. The molecule has 0 aliphatic carbocycles. The van der Waals surface area contributed by atoms with E-state index >= 15 is 0 Å². The normalized spacial score (nSPS) is 12.2. The number of ether oxygens (including phenoxy) is 2. The molecule has 1 heterocycles. The van der Waals surface area contributed by atoms with Gasteiger partial charge in [-0.1, -0.05) is 33.6 Å². The van der Waals surface area contributed by atoms with Crippen LogP contribution in [0.15, 0.2) is 30.3 Å². The molecule has 0 radical (unpaired) electrons. The van der Waals surface area contributed by atoms with E-state index in [4.69, 9.17) is 21.1 Å². The number of hydrogen-bond donors (Lipinski definition) is 0. The first-order chi connectivity index (χ1) is 9.13. The fourth-order valence-electron chi connectivity index (χ4n) is 1.81. The van der Waals surface area contributed by atoms with Crippen LogP contribution in [-0.2, 0) is 6.42 Å². The lowest BCUT2D eigenvalue weighted by Gasteiger charge is -2.11. The van der Waals surface area contributed by atoms with Crippen molar-refractivity contribution in [3.8, 4) is 11.5 Å². The van der Waals surface area contributed by atoms with Crippen molar-refractivity contribution in [2.75, 3.05) is 14.2 Å². The van der Waals surface area contributed by atoms with Gasteiger partial charge in [-0.2, -0.15) is 0 Å². The van der Waals surface area contributed by atoms with Gasteiger partial charge in [0.2, 0.25) is 0 Å². The second kappa shape index (κ2) is 6.64. The molecule has 0 saturated carbocycles. The maximum atomic E-state index is 5.96. The van der Waals surface area contributed by atoms with Gasteiger partial charge in [-0.25, -0.2) is 0 Å². The van der Waals surface area contributed by atoms with Gasteiger partial charge >= 0.3 is 0 Å². The van der Waals surface area contributed by atoms with Crippen LogP contribution < -0.4 is 9.47 Å². The van der Waals surface area contributed by atoms with E-state index in [1.165, 1.54) is 10.4 Å². The van der Waals surface area contributed by atoms with Crippen molar-refractivity contribution < 1.29 is 9.47 Å². The Morgan fingerprint density at radius 2 is 1.89 bits per heavy atom. The van der Waals surface area contributed by atoms with Gasteiger partial charge in [0.05, 0.1) is 23.4 Å². The zero-order valence-corrected chi connectivity index (χ0v) is 13.8. The first-order valence-electron chi connectivity index (χ1n) is 5.74. The highest BCUT2D eigenvalue weighted by atomic mass is 79.9. The van der Waals surface area contributed by atoms with Gasteiger partial charge in [0.25, 0.3) is 0 Å². The number of methoxy groups -OCH3 is 2. The number of halogens is 2. The zero-order valence-electron chi connectivity index (χ0n) is 10.7. The standard InChI is InChI=1S/C14H14BrClO2S/c1-17-11-4-3-9(8-12(11)18-2)7-10(15)13-5-6-14(16)19-13/h3-6,8,10H,7H2,1-2H3. The van der Waals surface area contributed by atoms with Crippen molar-refractivity contribution >= 4 is 38.9 Å². The van der Waals surface area contributed by atoms with Crippen LogP contribution >= 0.6 is 38.9 Å². The minimum Gasteiger partial charge on any atom is -0.493 e. The van der Waals surface area contributed by atoms with E-state index in [-0.39, 0.29) is 4.83 Å². The third-order valence-corrected chi connectivity index (χ3v) is 5.23. The van der Waals surface area contributed by atoms with Crippen LogP contribution in [0.25, 0.3) is 0 Å². The van der Waals surface area contributed by atoms with Gasteiger partial charge < -0.3 is 9.47 Å². The maximum Gasteiger partial charge on any atom is 0.160 e. The van der Waals surface area contributed by atoms with Crippen molar-refractivity contribution in [1.29, 1.82) is 0 Å². The fourth-order valence-corrected chi connectivity index (χ4v) is 3.66. The average Bonchev–Trinajstić information content (AvgIpc) is 2.85. The van der Waals surface area contributed by atoms with Gasteiger partial charge in [-0.05, 0) is 36.2 Å². The highest BCUT2D eigenvalue weighted by molar-refractivity contribution is 9.09. The Morgan fingerprint density at radius 1 is 1.16 bits per heavy atom. The predicted molar refractivity (Wildman–Crippen MR) is 84.2 cm³/mol. The summed E-state index contributed by atoms with van der Waals surface area (Å²) in [5.41, 5.74) is 1.18. The summed E-state index contributed by atoms with van der Waals surface area (Å²) in [7, 11) is 3.28. The molecule has 2 aromatic rings. The molecular formula is C14H14BrClO2S. The molecule has 1 unspecified atom stereocenters. The van der Waals surface area contributed by atoms with E-state index in [1.807, 2.05) is 30.3 Å². The summed E-state index contributed by atoms with van der Waals surface area (Å²) in [5.74, 6) is 1.50. The Balaban J connectivity index is 2.14. The van der Waals surface area contributed by atoms with Gasteiger partial charge in [0.1, 0.15) is 0 Å². The second-order valence-electron chi connectivity index (χ2n) is 4.00. The molecule has 0 aliphatic heterocycles. The SMILES string of the molecule is COc1ccc(CC(Br)c2ccc(Cl)s2)cc1OC. The van der Waals surface area contributed by atoms with E-state index < -0.39 is 0 Å². The van der Waals surface area contributed by atoms with E-state index in [0.29, 0.717) is 0 Å². The molecule has 102 valence electrons. The average molecular weight is 362 g/mol. The second-order valence-corrected chi connectivity index (χ2v) is 6.85. The monoisotopic (exact) mass is 360 g/mol. The summed E-state index contributed by atoms with van der Waals surface area (Å²) < 4.78 is 11.4. The summed E-state index contributed by atoms with van der Waals surface area (Å²) in [6.07, 6.45) is 0.872. The Kier molecular flexibility index (Phi) is 5.13. The Labute approximate surface area is 130 Å². The molecule has 2 nitrogen and oxygen atoms in total. The van der Waals surface area contributed by atoms with Crippen LogP contribution in [-0.4, -0.2) is 14.2 Å². The number of hydrogen-bond acceptors (Lipinski definition) is 3. The summed E-state index contributed by atoms with van der Waals surface area (Å²) in [6.45, 7) is 0. The smallest absolute Gasteiger partial charge is 0.160 e. The Bertz CT molecular complexity index is 556. The van der Waals surface area contributed by atoms with Crippen molar-refractivity contribution in [2.45, 2.75) is 11.2 Å². The quantitative estimate of drug-likeness (QED) is 0.690. The van der Waals surface area contributed by atoms with E-state index in [1.54, 1.807) is 25.6 Å². The molecule has 19 heavy (non-hydrogen) atoms. The van der Waals surface area contributed by atoms with Gasteiger partial charge in [0.15, 0.2) is 11.5 Å². The van der Waals surface area contributed by atoms with E-state index in [9.17, 15) is 0 Å². The number of rotatable bonds is 5. The minimum atomic E-state index is 0.253. The predicted octanol–water partition coefficient (Wildman–Crippen LogP) is 5.10. The first kappa shape index (κ1) is 14.7. The molecule has 0 aliphatic rings. The minimum absolute atomic E-state index is 0.253. The van der Waals surface area contributed by atoms with Gasteiger partial charge in [0, 0.05) is 4.88 Å². The summed E-state index contributed by atoms with van der Waals surface area (Å²) in [6, 6.07) is 9.94. The van der Waals surface area contributed by atoms with E-state index in [2.05, 4.69) is 15.9 Å². The molecule has 2 rings (SSSR count). The van der Waals surface area contributed by atoms with Crippen molar-refractivity contribution in [3.63, 3.8) is 0 Å². The molecule has 0 amide bonds. The van der Waals surface area contributed by atoms with Crippen LogP contribution in [0.3, 0.4) is 0 Å². The van der Waals surface area contributed by atoms with Crippen molar-refractivity contribution in [3.05, 3.63) is 45.1 Å². The molecule has 1 atom stereocenters. The number of benzene rings is 1. The molecule has 1 aromatic carbocycles. The maximum absolute atomic E-state index is 5.96. The van der Waals surface area contributed by atoms with Crippen LogP contribution in [0.5, 0.6) is 11.5 Å². The molecular weight excluding hydrogens is 348 g/mol. The molecule has 0 N–H and O–H groups in total. The lowest BCUT2D eigenvalue weighted by Crippen LogP contribution is -1.96. The summed E-state index contributed by atoms with van der Waals surface area (Å²) >= 11 is 11.2. The van der Waals surface area contributed by atoms with Crippen LogP contribution in [0.2, 0.25) is 4.34 Å². The van der Waals surface area contributed by atoms with Crippen LogP contribution in [0.4, 0.5) is 0 Å². The molecule has 5 heteroatoms. The van der Waals surface area contributed by atoms with Gasteiger partial charge in [-0.3, -0.25) is 0 Å². The van der Waals surface area contributed by atoms with E-state index in [0.717, 1.165) is 22.3 Å². The number of alkyl halides is 1. The van der Waals surface area contributed by atoms with Gasteiger partial charge in [-0.15, -0.1) is 11.3 Å². The molecule has 0 spiro atoms. The third-order valence-electron chi connectivity index (χ3n) is 2.77. The van der Waals surface area contributed by atoms with Crippen molar-refractivity contribution in [2.24, 2.45) is 0 Å². The fraction of sp³-hybridized carbons (Fsp3) is 0.286. The first-order valence-corrected chi connectivity index (χ1v) is 7.85. The number of thiophene rings is 1. The van der Waals surface area contributed by atoms with Crippen LogP contribution in [0.1, 0.15) is 15.3 Å². The molecule has 0 saturated heterocycles. The largest absolute Gasteiger partial charge is 0.493 e. The highest BCUT2D eigenvalue weighted by Gasteiger charge is 2.13. The lowest BCUT2D eigenvalue weighted by molar-refractivity contribution is 0.354. The zero-order chi connectivity index (χ0) is 13.8. The lowest BCUT2D eigenvalue weighted by atomic mass is 10.1.